The minimum absolute atomic E-state index is 0.00101. The molecule has 5 heterocycles. The molecule has 9 heteroatoms. The molecule has 0 saturated carbocycles. The van der Waals surface area contributed by atoms with Crippen LogP contribution in [0.25, 0.3) is 0 Å². The molecule has 1 N–H and O–H groups in total. The van der Waals surface area contributed by atoms with Crippen LogP contribution in [0.4, 0.5) is 0 Å². The van der Waals surface area contributed by atoms with Crippen molar-refractivity contribution in [1.29, 1.82) is 0 Å². The second-order valence-corrected chi connectivity index (χ2v) is 8.36. The van der Waals surface area contributed by atoms with Crippen molar-refractivity contribution in [3.05, 3.63) is 45.9 Å². The number of pyridine rings is 1. The van der Waals surface area contributed by atoms with Crippen molar-refractivity contribution in [2.24, 2.45) is 5.92 Å². The second-order valence-electron chi connectivity index (χ2n) is 8.36. The van der Waals surface area contributed by atoms with E-state index >= 15 is 0 Å². The minimum Gasteiger partial charge on any atom is -0.377 e. The molecule has 0 radical (unpaired) electrons. The maximum atomic E-state index is 13.7. The van der Waals surface area contributed by atoms with E-state index in [0.29, 0.717) is 19.7 Å². The monoisotopic (exact) mass is 398 g/mol. The van der Waals surface area contributed by atoms with Gasteiger partial charge in [-0.15, -0.1) is 10.2 Å². The number of amides is 1. The molecule has 29 heavy (non-hydrogen) atoms. The van der Waals surface area contributed by atoms with Crippen LogP contribution >= 0.6 is 0 Å². The summed E-state index contributed by atoms with van der Waals surface area (Å²) in [6.45, 7) is 5.03. The fourth-order valence-corrected chi connectivity index (χ4v) is 5.31. The SMILES string of the molecule is COCc1nnc2n1[C@@H](C)CN(C(=O)[C@H]1[C@@H]3CNC[C@@H](C3)c3cccc(=O)n31)C2. The molecule has 3 aliphatic heterocycles. The van der Waals surface area contributed by atoms with E-state index in [1.54, 1.807) is 23.8 Å². The lowest BCUT2D eigenvalue weighted by Gasteiger charge is -2.44. The molecule has 9 nitrogen and oxygen atoms in total. The van der Waals surface area contributed by atoms with Crippen LogP contribution < -0.4 is 10.9 Å². The molecule has 0 aliphatic carbocycles. The Morgan fingerprint density at radius 3 is 2.97 bits per heavy atom. The van der Waals surface area contributed by atoms with E-state index < -0.39 is 6.04 Å². The van der Waals surface area contributed by atoms with Gasteiger partial charge in [-0.3, -0.25) is 14.2 Å². The number of carbonyl (C=O) groups excluding carboxylic acids is 1. The maximum absolute atomic E-state index is 13.7. The van der Waals surface area contributed by atoms with Gasteiger partial charge in [0.15, 0.2) is 11.6 Å². The van der Waals surface area contributed by atoms with Gasteiger partial charge in [-0.25, -0.2) is 0 Å². The van der Waals surface area contributed by atoms with Gasteiger partial charge >= 0.3 is 0 Å². The van der Waals surface area contributed by atoms with Gasteiger partial charge in [-0.05, 0) is 19.4 Å². The van der Waals surface area contributed by atoms with Crippen molar-refractivity contribution in [2.75, 3.05) is 26.7 Å². The number of piperidine rings is 1. The fraction of sp³-hybridized carbons (Fsp3) is 0.600. The van der Waals surface area contributed by atoms with Crippen LogP contribution in [0.15, 0.2) is 23.0 Å². The normalized spacial score (nSPS) is 28.0. The van der Waals surface area contributed by atoms with Gasteiger partial charge in [0, 0.05) is 50.3 Å². The molecule has 2 bridgehead atoms. The predicted octanol–water partition coefficient (Wildman–Crippen LogP) is 0.437. The highest BCUT2D eigenvalue weighted by Gasteiger charge is 2.44. The molecule has 0 aromatic carbocycles. The van der Waals surface area contributed by atoms with Gasteiger partial charge in [0.05, 0.1) is 12.6 Å². The molecule has 4 atom stereocenters. The van der Waals surface area contributed by atoms with E-state index in [1.807, 2.05) is 11.0 Å². The number of methoxy groups -OCH3 is 1. The molecule has 5 rings (SSSR count). The lowest BCUT2D eigenvalue weighted by molar-refractivity contribution is -0.139. The van der Waals surface area contributed by atoms with E-state index in [-0.39, 0.29) is 29.3 Å². The Hall–Kier alpha value is -2.52. The number of aromatic nitrogens is 4. The number of hydrogen-bond donors (Lipinski definition) is 1. The zero-order valence-corrected chi connectivity index (χ0v) is 16.7. The Morgan fingerprint density at radius 1 is 1.28 bits per heavy atom. The summed E-state index contributed by atoms with van der Waals surface area (Å²) < 4.78 is 9.03. The lowest BCUT2D eigenvalue weighted by atomic mass is 9.78. The third kappa shape index (κ3) is 2.91. The highest BCUT2D eigenvalue weighted by molar-refractivity contribution is 5.81. The first-order valence-corrected chi connectivity index (χ1v) is 10.2. The number of nitrogens with zero attached hydrogens (tertiary/aromatic N) is 5. The van der Waals surface area contributed by atoms with Gasteiger partial charge in [0.25, 0.3) is 5.56 Å². The molecular weight excluding hydrogens is 372 g/mol. The Kier molecular flexibility index (Phi) is 4.51. The Bertz CT molecular complexity index is 998. The number of rotatable bonds is 3. The molecule has 3 aliphatic rings. The third-order valence-electron chi connectivity index (χ3n) is 6.48. The van der Waals surface area contributed by atoms with Crippen LogP contribution in [0.1, 0.15) is 48.7 Å². The summed E-state index contributed by atoms with van der Waals surface area (Å²) in [6, 6.07) is 4.93. The first-order chi connectivity index (χ1) is 14.1. The van der Waals surface area contributed by atoms with E-state index in [9.17, 15) is 9.59 Å². The second kappa shape index (κ2) is 7.07. The van der Waals surface area contributed by atoms with Gasteiger partial charge in [-0.2, -0.15) is 0 Å². The van der Waals surface area contributed by atoms with Gasteiger partial charge in [0.2, 0.25) is 5.91 Å². The molecule has 1 fully saturated rings. The molecule has 2 aromatic heterocycles. The van der Waals surface area contributed by atoms with Crippen molar-refractivity contribution < 1.29 is 9.53 Å². The van der Waals surface area contributed by atoms with Crippen molar-refractivity contribution in [2.45, 2.75) is 44.5 Å². The van der Waals surface area contributed by atoms with Crippen LogP contribution in [0.5, 0.6) is 0 Å². The maximum Gasteiger partial charge on any atom is 0.251 e. The van der Waals surface area contributed by atoms with Crippen LogP contribution in [-0.2, 0) is 22.7 Å². The van der Waals surface area contributed by atoms with Crippen molar-refractivity contribution in [3.8, 4) is 0 Å². The number of hydrogen-bond acceptors (Lipinski definition) is 6. The van der Waals surface area contributed by atoms with Crippen LogP contribution in [0.2, 0.25) is 0 Å². The summed E-state index contributed by atoms with van der Waals surface area (Å²) in [5.41, 5.74) is 0.878. The molecule has 2 aromatic rings. The summed E-state index contributed by atoms with van der Waals surface area (Å²) in [6.07, 6.45) is 0.935. The minimum atomic E-state index is -0.470. The largest absolute Gasteiger partial charge is 0.377 e. The number of ether oxygens (including phenoxy) is 1. The molecule has 154 valence electrons. The van der Waals surface area contributed by atoms with Gasteiger partial charge in [0.1, 0.15) is 12.6 Å². The highest BCUT2D eigenvalue weighted by atomic mass is 16.5. The molecule has 1 amide bonds. The highest BCUT2D eigenvalue weighted by Crippen LogP contribution is 2.40. The van der Waals surface area contributed by atoms with Crippen LogP contribution in [0.3, 0.4) is 0 Å². The van der Waals surface area contributed by atoms with Crippen LogP contribution in [-0.4, -0.2) is 56.9 Å². The Morgan fingerprint density at radius 2 is 2.14 bits per heavy atom. The van der Waals surface area contributed by atoms with Crippen molar-refractivity contribution in [1.82, 2.24) is 29.5 Å². The zero-order chi connectivity index (χ0) is 20.1. The fourth-order valence-electron chi connectivity index (χ4n) is 5.31. The van der Waals surface area contributed by atoms with Crippen LogP contribution in [0, 0.1) is 5.92 Å². The summed E-state index contributed by atoms with van der Waals surface area (Å²) in [7, 11) is 1.63. The van der Waals surface area contributed by atoms with Crippen molar-refractivity contribution >= 4 is 5.91 Å². The molecule has 0 spiro atoms. The predicted molar refractivity (Wildman–Crippen MR) is 104 cm³/mol. The zero-order valence-electron chi connectivity index (χ0n) is 16.7. The third-order valence-corrected chi connectivity index (χ3v) is 6.48. The molecule has 1 saturated heterocycles. The summed E-state index contributed by atoms with van der Waals surface area (Å²) >= 11 is 0. The van der Waals surface area contributed by atoms with E-state index in [1.165, 1.54) is 0 Å². The Labute approximate surface area is 168 Å². The average molecular weight is 398 g/mol. The lowest BCUT2D eigenvalue weighted by Crippen LogP contribution is -2.54. The first-order valence-electron chi connectivity index (χ1n) is 10.2. The number of nitrogens with one attached hydrogen (secondary N) is 1. The van der Waals surface area contributed by atoms with Gasteiger partial charge < -0.3 is 19.5 Å². The smallest absolute Gasteiger partial charge is 0.251 e. The quantitative estimate of drug-likeness (QED) is 0.806. The Balaban J connectivity index is 1.49. The summed E-state index contributed by atoms with van der Waals surface area (Å²) in [5.74, 6) is 1.95. The standard InChI is InChI=1S/C20H26N6O3/c1-12-9-24(10-16-22-23-17(11-29-2)25(12)16)20(28)19-14-6-13(7-21-8-14)15-4-3-5-18(27)26(15)19/h3-5,12-14,19,21H,6-11H2,1-2H3/t12-,13+,14-,19+/m0/s1. The average Bonchev–Trinajstić information content (AvgIpc) is 3.12. The summed E-state index contributed by atoms with van der Waals surface area (Å²) in [4.78, 5) is 28.3. The molecule has 0 unspecified atom stereocenters. The van der Waals surface area contributed by atoms with E-state index in [0.717, 1.165) is 36.9 Å². The first kappa shape index (κ1) is 18.5. The van der Waals surface area contributed by atoms with Gasteiger partial charge in [-0.1, -0.05) is 6.07 Å². The number of fused-ring (bicyclic) bond motifs is 5. The van der Waals surface area contributed by atoms with E-state index in [4.69, 9.17) is 4.74 Å². The summed E-state index contributed by atoms with van der Waals surface area (Å²) in [5, 5.41) is 12.0. The van der Waals surface area contributed by atoms with E-state index in [2.05, 4.69) is 27.0 Å². The topological polar surface area (TPSA) is 94.3 Å². The number of carbonyl (C=O) groups is 1. The molecular formula is C20H26N6O3. The van der Waals surface area contributed by atoms with Crippen molar-refractivity contribution in [3.63, 3.8) is 0 Å².